The Hall–Kier alpha value is -1.46. The maximum Gasteiger partial charge on any atom is 0.335 e. The molecule has 0 amide bonds. The highest BCUT2D eigenvalue weighted by Gasteiger charge is 2.22. The number of carbonyl (C=O) groups is 1. The van der Waals surface area contributed by atoms with E-state index in [0.29, 0.717) is 25.3 Å². The number of carboxylic acid groups (broad SMARTS) is 1. The van der Waals surface area contributed by atoms with Gasteiger partial charge in [-0.1, -0.05) is 6.92 Å². The van der Waals surface area contributed by atoms with Crippen molar-refractivity contribution in [2.45, 2.75) is 25.9 Å². The van der Waals surface area contributed by atoms with Crippen LogP contribution in [-0.4, -0.2) is 41.8 Å². The number of halogens is 1. The highest BCUT2D eigenvalue weighted by atomic mass is 19.1. The van der Waals surface area contributed by atoms with Crippen LogP contribution in [-0.2, 0) is 11.3 Å². The lowest BCUT2D eigenvalue weighted by Crippen LogP contribution is -2.44. The first-order valence-corrected chi connectivity index (χ1v) is 6.45. The number of hydrogen-bond donors (Lipinski definition) is 1. The van der Waals surface area contributed by atoms with E-state index in [0.717, 1.165) is 13.0 Å². The summed E-state index contributed by atoms with van der Waals surface area (Å²) in [6.07, 6.45) is 0.931. The van der Waals surface area contributed by atoms with Gasteiger partial charge in [0.25, 0.3) is 0 Å². The van der Waals surface area contributed by atoms with Crippen LogP contribution in [0.3, 0.4) is 0 Å². The van der Waals surface area contributed by atoms with E-state index in [-0.39, 0.29) is 17.4 Å². The van der Waals surface area contributed by atoms with Gasteiger partial charge in [-0.3, -0.25) is 4.90 Å². The van der Waals surface area contributed by atoms with Crippen LogP contribution in [0.1, 0.15) is 29.3 Å². The minimum absolute atomic E-state index is 0.123. The SMILES string of the molecule is CCC1COCCN1Cc1cc(C(=O)O)ccc1F. The Morgan fingerprint density at radius 2 is 2.37 bits per heavy atom. The molecular formula is C14H18FNO3. The van der Waals surface area contributed by atoms with Gasteiger partial charge in [-0.25, -0.2) is 9.18 Å². The summed E-state index contributed by atoms with van der Waals surface area (Å²) in [6, 6.07) is 4.19. The average Bonchev–Trinajstić information content (AvgIpc) is 2.41. The molecule has 1 saturated heterocycles. The second kappa shape index (κ2) is 6.12. The van der Waals surface area contributed by atoms with Gasteiger partial charge in [0.2, 0.25) is 0 Å². The van der Waals surface area contributed by atoms with Crippen LogP contribution in [0.2, 0.25) is 0 Å². The van der Waals surface area contributed by atoms with Gasteiger partial charge in [0.05, 0.1) is 18.8 Å². The minimum atomic E-state index is -1.03. The van der Waals surface area contributed by atoms with Gasteiger partial charge in [0.1, 0.15) is 5.82 Å². The van der Waals surface area contributed by atoms with Crippen molar-refractivity contribution < 1.29 is 19.0 Å². The number of rotatable bonds is 4. The molecule has 2 rings (SSSR count). The van der Waals surface area contributed by atoms with Crippen LogP contribution in [0.4, 0.5) is 4.39 Å². The number of morpholine rings is 1. The first-order chi connectivity index (χ1) is 9.11. The van der Waals surface area contributed by atoms with E-state index in [2.05, 4.69) is 11.8 Å². The third-order valence-corrected chi connectivity index (χ3v) is 3.49. The van der Waals surface area contributed by atoms with Crippen molar-refractivity contribution in [1.82, 2.24) is 4.90 Å². The standard InChI is InChI=1S/C14H18FNO3/c1-2-12-9-19-6-5-16(12)8-11-7-10(14(17)18)3-4-13(11)15/h3-4,7,12H,2,5-6,8-9H2,1H3,(H,17,18). The molecule has 1 fully saturated rings. The van der Waals surface area contributed by atoms with E-state index in [9.17, 15) is 9.18 Å². The third kappa shape index (κ3) is 3.30. The van der Waals surface area contributed by atoms with Crippen molar-refractivity contribution in [2.24, 2.45) is 0 Å². The van der Waals surface area contributed by atoms with Gasteiger partial charge in [-0.05, 0) is 24.6 Å². The molecule has 1 unspecified atom stereocenters. The predicted molar refractivity (Wildman–Crippen MR) is 68.7 cm³/mol. The summed E-state index contributed by atoms with van der Waals surface area (Å²) < 4.78 is 19.2. The molecule has 0 saturated carbocycles. The van der Waals surface area contributed by atoms with Crippen LogP contribution in [0.25, 0.3) is 0 Å². The van der Waals surface area contributed by atoms with Crippen molar-refractivity contribution in [2.75, 3.05) is 19.8 Å². The molecule has 0 radical (unpaired) electrons. The quantitative estimate of drug-likeness (QED) is 0.908. The Morgan fingerprint density at radius 3 is 3.05 bits per heavy atom. The number of benzene rings is 1. The molecule has 1 heterocycles. The van der Waals surface area contributed by atoms with Gasteiger partial charge in [-0.2, -0.15) is 0 Å². The fourth-order valence-corrected chi connectivity index (χ4v) is 2.32. The van der Waals surface area contributed by atoms with Crippen LogP contribution in [0.5, 0.6) is 0 Å². The van der Waals surface area contributed by atoms with Crippen molar-refractivity contribution in [3.8, 4) is 0 Å². The van der Waals surface area contributed by atoms with E-state index in [4.69, 9.17) is 9.84 Å². The summed E-state index contributed by atoms with van der Waals surface area (Å²) in [4.78, 5) is 13.1. The number of hydrogen-bond acceptors (Lipinski definition) is 3. The first kappa shape index (κ1) is 14.0. The number of nitrogens with zero attached hydrogens (tertiary/aromatic N) is 1. The van der Waals surface area contributed by atoms with Crippen molar-refractivity contribution in [1.29, 1.82) is 0 Å². The zero-order valence-electron chi connectivity index (χ0n) is 10.9. The maximum absolute atomic E-state index is 13.8. The molecule has 1 atom stereocenters. The lowest BCUT2D eigenvalue weighted by molar-refractivity contribution is -0.0131. The number of ether oxygens (including phenoxy) is 1. The zero-order valence-corrected chi connectivity index (χ0v) is 10.9. The highest BCUT2D eigenvalue weighted by Crippen LogP contribution is 2.18. The monoisotopic (exact) mass is 267 g/mol. The number of aromatic carboxylic acids is 1. The predicted octanol–water partition coefficient (Wildman–Crippen LogP) is 2.13. The lowest BCUT2D eigenvalue weighted by atomic mass is 10.1. The molecule has 4 nitrogen and oxygen atoms in total. The number of carboxylic acids is 1. The molecule has 19 heavy (non-hydrogen) atoms. The normalized spacial score (nSPS) is 20.4. The van der Waals surface area contributed by atoms with Crippen LogP contribution in [0, 0.1) is 5.82 Å². The lowest BCUT2D eigenvalue weighted by Gasteiger charge is -2.35. The molecule has 0 aliphatic carbocycles. The van der Waals surface area contributed by atoms with E-state index in [1.165, 1.54) is 18.2 Å². The Labute approximate surface area is 111 Å². The van der Waals surface area contributed by atoms with Crippen molar-refractivity contribution >= 4 is 5.97 Å². The Balaban J connectivity index is 2.17. The van der Waals surface area contributed by atoms with E-state index < -0.39 is 5.97 Å². The van der Waals surface area contributed by atoms with Crippen LogP contribution >= 0.6 is 0 Å². The first-order valence-electron chi connectivity index (χ1n) is 6.45. The molecule has 0 aromatic heterocycles. The Kier molecular flexibility index (Phi) is 4.50. The van der Waals surface area contributed by atoms with Gasteiger partial charge < -0.3 is 9.84 Å². The van der Waals surface area contributed by atoms with Crippen LogP contribution < -0.4 is 0 Å². The molecule has 1 aromatic rings. The van der Waals surface area contributed by atoms with Gasteiger partial charge in [-0.15, -0.1) is 0 Å². The van der Waals surface area contributed by atoms with E-state index >= 15 is 0 Å². The summed E-state index contributed by atoms with van der Waals surface area (Å²) in [5.41, 5.74) is 0.554. The second-order valence-corrected chi connectivity index (χ2v) is 4.72. The molecule has 104 valence electrons. The molecule has 0 bridgehead atoms. The zero-order chi connectivity index (χ0) is 13.8. The topological polar surface area (TPSA) is 49.8 Å². The highest BCUT2D eigenvalue weighted by molar-refractivity contribution is 5.87. The fourth-order valence-electron chi connectivity index (χ4n) is 2.32. The Bertz CT molecular complexity index is 464. The van der Waals surface area contributed by atoms with Gasteiger partial charge in [0.15, 0.2) is 0 Å². The van der Waals surface area contributed by atoms with E-state index in [1.807, 2.05) is 0 Å². The molecule has 1 N–H and O–H groups in total. The van der Waals surface area contributed by atoms with E-state index in [1.54, 1.807) is 0 Å². The summed E-state index contributed by atoms with van der Waals surface area (Å²) in [5.74, 6) is -1.39. The molecule has 1 aliphatic heterocycles. The third-order valence-electron chi connectivity index (χ3n) is 3.49. The summed E-state index contributed by atoms with van der Waals surface area (Å²) in [5, 5.41) is 8.95. The Morgan fingerprint density at radius 1 is 1.58 bits per heavy atom. The summed E-state index contributed by atoms with van der Waals surface area (Å²) >= 11 is 0. The van der Waals surface area contributed by atoms with Gasteiger partial charge >= 0.3 is 5.97 Å². The second-order valence-electron chi connectivity index (χ2n) is 4.72. The summed E-state index contributed by atoms with van der Waals surface area (Å²) in [6.45, 7) is 4.52. The minimum Gasteiger partial charge on any atom is -0.478 e. The molecule has 0 spiro atoms. The fraction of sp³-hybridized carbons (Fsp3) is 0.500. The largest absolute Gasteiger partial charge is 0.478 e. The van der Waals surface area contributed by atoms with Gasteiger partial charge in [0, 0.05) is 24.7 Å². The maximum atomic E-state index is 13.8. The van der Waals surface area contributed by atoms with Crippen molar-refractivity contribution in [3.63, 3.8) is 0 Å². The average molecular weight is 267 g/mol. The van der Waals surface area contributed by atoms with Crippen molar-refractivity contribution in [3.05, 3.63) is 35.1 Å². The smallest absolute Gasteiger partial charge is 0.335 e. The summed E-state index contributed by atoms with van der Waals surface area (Å²) in [7, 11) is 0. The van der Waals surface area contributed by atoms with Crippen LogP contribution in [0.15, 0.2) is 18.2 Å². The molecule has 1 aliphatic rings. The molecule has 5 heteroatoms. The molecule has 1 aromatic carbocycles. The molecular weight excluding hydrogens is 249 g/mol.